The molecule has 3 heterocycles. The summed E-state index contributed by atoms with van der Waals surface area (Å²) in [4.78, 5) is 27.4. The standard InChI is InChI=1S/C16H22N2O5S2/c1-2-10(19)11-12(20)18-13(23-16(21)22)15(25-14(11)18)24-9-5-6-17(7-9)8-3-4-8/h8-11,14,19H,2-7H2,1H3,(H,21,22)/t9?,10-,11+,14+/m0/s1. The molecule has 0 spiro atoms. The summed E-state index contributed by atoms with van der Waals surface area (Å²) in [6, 6.07) is 0.733. The SMILES string of the molecule is CC[C@H](O)[C@@H]1C(=O)N2C(OC(=O)O)=C(SC3CCN(C4CC4)C3)S[C@H]12. The molecule has 1 amide bonds. The van der Waals surface area contributed by atoms with E-state index < -0.39 is 18.2 Å². The van der Waals surface area contributed by atoms with E-state index in [-0.39, 0.29) is 17.2 Å². The number of aliphatic hydroxyl groups is 1. The lowest BCUT2D eigenvalue weighted by Crippen LogP contribution is -2.60. The first-order valence-corrected chi connectivity index (χ1v) is 10.5. The van der Waals surface area contributed by atoms with Crippen LogP contribution in [0.2, 0.25) is 0 Å². The molecule has 4 aliphatic rings. The van der Waals surface area contributed by atoms with E-state index in [2.05, 4.69) is 4.90 Å². The van der Waals surface area contributed by atoms with Gasteiger partial charge in [0, 0.05) is 17.8 Å². The number of hydrogen-bond donors (Lipinski definition) is 2. The molecule has 1 aliphatic carbocycles. The van der Waals surface area contributed by atoms with E-state index in [1.54, 1.807) is 11.8 Å². The van der Waals surface area contributed by atoms with E-state index in [0.29, 0.717) is 11.7 Å². The number of β-lactam (4-membered cyclic amide) rings is 1. The molecule has 0 aromatic rings. The number of fused-ring (bicyclic) bond motifs is 1. The Labute approximate surface area is 154 Å². The number of likely N-dealkylation sites (tertiary alicyclic amines) is 1. The average Bonchev–Trinajstić information content (AvgIpc) is 3.24. The Morgan fingerprint density at radius 3 is 2.84 bits per heavy atom. The first kappa shape index (κ1) is 17.5. The van der Waals surface area contributed by atoms with Crippen LogP contribution in [-0.4, -0.2) is 67.9 Å². The smallest absolute Gasteiger partial charge is 0.449 e. The van der Waals surface area contributed by atoms with Gasteiger partial charge in [-0.1, -0.05) is 18.7 Å². The van der Waals surface area contributed by atoms with Crippen molar-refractivity contribution in [3.63, 3.8) is 0 Å². The highest BCUT2D eigenvalue weighted by molar-refractivity contribution is 8.23. The van der Waals surface area contributed by atoms with E-state index in [0.717, 1.165) is 29.8 Å². The number of rotatable bonds is 6. The molecule has 1 saturated carbocycles. The summed E-state index contributed by atoms with van der Waals surface area (Å²) in [5.41, 5.74) is 0. The van der Waals surface area contributed by atoms with E-state index in [1.807, 2.05) is 6.92 Å². The maximum Gasteiger partial charge on any atom is 0.512 e. The van der Waals surface area contributed by atoms with Crippen LogP contribution in [0.15, 0.2) is 10.1 Å². The maximum absolute atomic E-state index is 12.4. The number of hydrogen-bond acceptors (Lipinski definition) is 7. The number of carbonyl (C=O) groups is 2. The van der Waals surface area contributed by atoms with E-state index >= 15 is 0 Å². The molecule has 0 aromatic heterocycles. The molecule has 0 radical (unpaired) electrons. The van der Waals surface area contributed by atoms with Gasteiger partial charge in [-0.2, -0.15) is 0 Å². The molecule has 2 N–H and O–H groups in total. The molecule has 9 heteroatoms. The number of aliphatic hydroxyl groups excluding tert-OH is 1. The van der Waals surface area contributed by atoms with Crippen molar-refractivity contribution in [1.82, 2.24) is 9.80 Å². The van der Waals surface area contributed by atoms with Gasteiger partial charge in [0.15, 0.2) is 0 Å². The van der Waals surface area contributed by atoms with Crippen molar-refractivity contribution in [2.45, 2.75) is 55.4 Å². The topological polar surface area (TPSA) is 90.3 Å². The molecule has 4 rings (SSSR count). The first-order chi connectivity index (χ1) is 12.0. The number of ether oxygens (including phenoxy) is 1. The van der Waals surface area contributed by atoms with Crippen LogP contribution in [0.3, 0.4) is 0 Å². The summed E-state index contributed by atoms with van der Waals surface area (Å²) in [5.74, 6) is -0.585. The number of carboxylic acid groups (broad SMARTS) is 1. The normalized spacial score (nSPS) is 33.4. The Morgan fingerprint density at radius 2 is 2.20 bits per heavy atom. The molecule has 2 saturated heterocycles. The van der Waals surface area contributed by atoms with Gasteiger partial charge in [0.25, 0.3) is 0 Å². The fourth-order valence-corrected chi connectivity index (χ4v) is 6.89. The van der Waals surface area contributed by atoms with Gasteiger partial charge in [0.05, 0.1) is 12.0 Å². The fraction of sp³-hybridized carbons (Fsp3) is 0.750. The van der Waals surface area contributed by atoms with Crippen LogP contribution >= 0.6 is 23.5 Å². The minimum atomic E-state index is -1.41. The van der Waals surface area contributed by atoms with Crippen LogP contribution < -0.4 is 0 Å². The molecule has 3 fully saturated rings. The van der Waals surface area contributed by atoms with Crippen LogP contribution in [-0.2, 0) is 9.53 Å². The minimum Gasteiger partial charge on any atom is -0.449 e. The summed E-state index contributed by atoms with van der Waals surface area (Å²) < 4.78 is 5.71. The zero-order valence-corrected chi connectivity index (χ0v) is 15.6. The number of carbonyl (C=O) groups excluding carboxylic acids is 1. The van der Waals surface area contributed by atoms with Crippen LogP contribution in [0.1, 0.15) is 32.6 Å². The average molecular weight is 386 g/mol. The monoisotopic (exact) mass is 386 g/mol. The Balaban J connectivity index is 1.48. The second-order valence-corrected chi connectivity index (χ2v) is 9.63. The van der Waals surface area contributed by atoms with Gasteiger partial charge in [0.2, 0.25) is 11.8 Å². The molecule has 138 valence electrons. The highest BCUT2D eigenvalue weighted by Gasteiger charge is 2.58. The fourth-order valence-electron chi connectivity index (χ4n) is 3.72. The molecular formula is C16H22N2O5S2. The van der Waals surface area contributed by atoms with Gasteiger partial charge in [-0.05, 0) is 32.2 Å². The summed E-state index contributed by atoms with van der Waals surface area (Å²) in [6.45, 7) is 3.92. The molecule has 0 bridgehead atoms. The third kappa shape index (κ3) is 3.15. The van der Waals surface area contributed by atoms with Crippen molar-refractivity contribution in [2.75, 3.05) is 13.1 Å². The number of amides is 1. The predicted octanol–water partition coefficient (Wildman–Crippen LogP) is 2.08. The lowest BCUT2D eigenvalue weighted by atomic mass is 9.91. The van der Waals surface area contributed by atoms with E-state index in [1.165, 1.54) is 29.5 Å². The summed E-state index contributed by atoms with van der Waals surface area (Å²) in [6.07, 6.45) is 2.01. The van der Waals surface area contributed by atoms with Crippen molar-refractivity contribution < 1.29 is 24.5 Å². The second-order valence-electron chi connectivity index (χ2n) is 6.93. The molecule has 0 aromatic carbocycles. The van der Waals surface area contributed by atoms with Gasteiger partial charge < -0.3 is 14.9 Å². The first-order valence-electron chi connectivity index (χ1n) is 8.73. The minimum absolute atomic E-state index is 0.141. The van der Waals surface area contributed by atoms with Gasteiger partial charge in [-0.25, -0.2) is 4.79 Å². The molecule has 7 nitrogen and oxygen atoms in total. The summed E-state index contributed by atoms with van der Waals surface area (Å²) in [7, 11) is 0. The zero-order chi connectivity index (χ0) is 17.7. The Bertz CT molecular complexity index is 624. The van der Waals surface area contributed by atoms with Gasteiger partial charge in [-0.15, -0.1) is 11.8 Å². The third-order valence-corrected chi connectivity index (χ3v) is 8.05. The van der Waals surface area contributed by atoms with Crippen molar-refractivity contribution >= 4 is 35.6 Å². The van der Waals surface area contributed by atoms with Crippen LogP contribution in [0.4, 0.5) is 4.79 Å². The van der Waals surface area contributed by atoms with E-state index in [4.69, 9.17) is 9.84 Å². The zero-order valence-electron chi connectivity index (χ0n) is 14.0. The van der Waals surface area contributed by atoms with Gasteiger partial charge >= 0.3 is 6.16 Å². The predicted molar refractivity (Wildman–Crippen MR) is 94.7 cm³/mol. The Hall–Kier alpha value is -0.900. The van der Waals surface area contributed by atoms with Crippen molar-refractivity contribution in [3.8, 4) is 0 Å². The van der Waals surface area contributed by atoms with Crippen molar-refractivity contribution in [2.24, 2.45) is 5.92 Å². The second kappa shape index (κ2) is 6.68. The number of thioether (sulfide) groups is 2. The number of nitrogens with zero attached hydrogens (tertiary/aromatic N) is 2. The maximum atomic E-state index is 12.4. The Kier molecular flexibility index (Phi) is 4.68. The van der Waals surface area contributed by atoms with Crippen molar-refractivity contribution in [3.05, 3.63) is 10.1 Å². The molecule has 4 atom stereocenters. The lowest BCUT2D eigenvalue weighted by molar-refractivity contribution is -0.156. The Morgan fingerprint density at radius 1 is 1.44 bits per heavy atom. The molecule has 25 heavy (non-hydrogen) atoms. The van der Waals surface area contributed by atoms with Gasteiger partial charge in [0.1, 0.15) is 9.61 Å². The van der Waals surface area contributed by atoms with Crippen LogP contribution in [0.25, 0.3) is 0 Å². The summed E-state index contributed by atoms with van der Waals surface area (Å²) in [5, 5.41) is 19.3. The van der Waals surface area contributed by atoms with Crippen LogP contribution in [0.5, 0.6) is 0 Å². The van der Waals surface area contributed by atoms with Crippen LogP contribution in [0, 0.1) is 5.92 Å². The van der Waals surface area contributed by atoms with E-state index in [9.17, 15) is 14.7 Å². The highest BCUT2D eigenvalue weighted by Crippen LogP contribution is 2.55. The lowest BCUT2D eigenvalue weighted by Gasteiger charge is -2.43. The van der Waals surface area contributed by atoms with Gasteiger partial charge in [-0.3, -0.25) is 14.6 Å². The highest BCUT2D eigenvalue weighted by atomic mass is 32.2. The quantitative estimate of drug-likeness (QED) is 0.530. The molecule has 1 unspecified atom stereocenters. The third-order valence-electron chi connectivity index (χ3n) is 5.24. The molecular weight excluding hydrogens is 364 g/mol. The largest absolute Gasteiger partial charge is 0.512 e. The van der Waals surface area contributed by atoms with Crippen molar-refractivity contribution in [1.29, 1.82) is 0 Å². The molecule has 3 aliphatic heterocycles. The summed E-state index contributed by atoms with van der Waals surface area (Å²) >= 11 is 3.08.